The number of piperidine rings is 1. The summed E-state index contributed by atoms with van der Waals surface area (Å²) in [5.74, 6) is 0.712. The standard InChI is InChI=1S/C12H22N2O2/c1-2-10-5-3-6-13-11(10)9-14-7-4-8-16-12(14)15/h10-11,13H,2-9H2,1H3. The number of hydrogen-bond donors (Lipinski definition) is 1. The Morgan fingerprint density at radius 2 is 2.38 bits per heavy atom. The highest BCUT2D eigenvalue weighted by molar-refractivity contribution is 5.68. The van der Waals surface area contributed by atoms with Crippen LogP contribution in [0.3, 0.4) is 0 Å². The second-order valence-electron chi connectivity index (χ2n) is 4.79. The van der Waals surface area contributed by atoms with Crippen LogP contribution in [0.1, 0.15) is 32.6 Å². The van der Waals surface area contributed by atoms with Crippen LogP contribution in [0.15, 0.2) is 0 Å². The van der Waals surface area contributed by atoms with Crippen LogP contribution in [-0.4, -0.2) is 43.3 Å². The minimum atomic E-state index is -0.131. The average Bonchev–Trinajstić information content (AvgIpc) is 2.33. The molecule has 4 nitrogen and oxygen atoms in total. The third-order valence-corrected chi connectivity index (χ3v) is 3.72. The van der Waals surface area contributed by atoms with Gasteiger partial charge in [-0.1, -0.05) is 13.3 Å². The van der Waals surface area contributed by atoms with Gasteiger partial charge in [0.25, 0.3) is 0 Å². The zero-order valence-electron chi connectivity index (χ0n) is 10.1. The quantitative estimate of drug-likeness (QED) is 0.795. The van der Waals surface area contributed by atoms with E-state index in [9.17, 15) is 4.79 Å². The van der Waals surface area contributed by atoms with Gasteiger partial charge in [-0.3, -0.25) is 0 Å². The Kier molecular flexibility index (Phi) is 4.04. The van der Waals surface area contributed by atoms with Crippen molar-refractivity contribution in [3.63, 3.8) is 0 Å². The molecule has 2 saturated heterocycles. The van der Waals surface area contributed by atoms with Crippen LogP contribution in [-0.2, 0) is 4.74 Å². The fourth-order valence-corrected chi connectivity index (χ4v) is 2.72. The molecule has 0 aromatic rings. The lowest BCUT2D eigenvalue weighted by Crippen LogP contribution is -2.51. The predicted molar refractivity (Wildman–Crippen MR) is 62.3 cm³/mol. The molecule has 0 spiro atoms. The zero-order chi connectivity index (χ0) is 11.4. The van der Waals surface area contributed by atoms with Crippen molar-refractivity contribution in [1.82, 2.24) is 10.2 Å². The van der Waals surface area contributed by atoms with Gasteiger partial charge in [-0.05, 0) is 31.7 Å². The third kappa shape index (κ3) is 2.67. The van der Waals surface area contributed by atoms with Gasteiger partial charge in [0.15, 0.2) is 0 Å². The molecule has 0 aliphatic carbocycles. The number of carbonyl (C=O) groups is 1. The average molecular weight is 226 g/mol. The first-order valence-corrected chi connectivity index (χ1v) is 6.46. The first kappa shape index (κ1) is 11.7. The van der Waals surface area contributed by atoms with E-state index in [0.717, 1.165) is 26.1 Å². The Morgan fingerprint density at radius 1 is 1.50 bits per heavy atom. The molecular formula is C12H22N2O2. The maximum absolute atomic E-state index is 11.5. The van der Waals surface area contributed by atoms with Crippen molar-refractivity contribution in [3.8, 4) is 0 Å². The van der Waals surface area contributed by atoms with Gasteiger partial charge in [0, 0.05) is 19.1 Å². The number of hydrogen-bond acceptors (Lipinski definition) is 3. The van der Waals surface area contributed by atoms with Crippen LogP contribution in [0.5, 0.6) is 0 Å². The summed E-state index contributed by atoms with van der Waals surface area (Å²) >= 11 is 0. The van der Waals surface area contributed by atoms with Gasteiger partial charge < -0.3 is 15.0 Å². The highest BCUT2D eigenvalue weighted by atomic mass is 16.6. The molecule has 2 atom stereocenters. The van der Waals surface area contributed by atoms with Gasteiger partial charge in [-0.15, -0.1) is 0 Å². The number of rotatable bonds is 3. The van der Waals surface area contributed by atoms with Crippen molar-refractivity contribution in [2.75, 3.05) is 26.2 Å². The SMILES string of the molecule is CCC1CCCNC1CN1CCCOC1=O. The highest BCUT2D eigenvalue weighted by Gasteiger charge is 2.28. The number of nitrogens with one attached hydrogen (secondary N) is 1. The summed E-state index contributed by atoms with van der Waals surface area (Å²) in [6, 6.07) is 0.462. The van der Waals surface area contributed by atoms with Gasteiger partial charge in [0.1, 0.15) is 0 Å². The van der Waals surface area contributed by atoms with E-state index < -0.39 is 0 Å². The first-order valence-electron chi connectivity index (χ1n) is 6.46. The molecule has 92 valence electrons. The minimum absolute atomic E-state index is 0.131. The van der Waals surface area contributed by atoms with Crippen molar-refractivity contribution >= 4 is 6.09 Å². The molecule has 2 aliphatic rings. The molecule has 2 rings (SSSR count). The van der Waals surface area contributed by atoms with E-state index in [1.54, 1.807) is 0 Å². The van der Waals surface area contributed by atoms with Crippen LogP contribution in [0.4, 0.5) is 4.79 Å². The topological polar surface area (TPSA) is 41.6 Å². The third-order valence-electron chi connectivity index (χ3n) is 3.72. The minimum Gasteiger partial charge on any atom is -0.449 e. The van der Waals surface area contributed by atoms with Crippen molar-refractivity contribution in [2.24, 2.45) is 5.92 Å². The summed E-state index contributed by atoms with van der Waals surface area (Å²) in [6.07, 6.45) is 4.58. The summed E-state index contributed by atoms with van der Waals surface area (Å²) < 4.78 is 5.06. The molecule has 2 heterocycles. The molecule has 16 heavy (non-hydrogen) atoms. The fourth-order valence-electron chi connectivity index (χ4n) is 2.72. The van der Waals surface area contributed by atoms with Gasteiger partial charge >= 0.3 is 6.09 Å². The Balaban J connectivity index is 1.88. The number of carbonyl (C=O) groups excluding carboxylic acids is 1. The van der Waals surface area contributed by atoms with Gasteiger partial charge in [-0.2, -0.15) is 0 Å². The fraction of sp³-hybridized carbons (Fsp3) is 0.917. The lowest BCUT2D eigenvalue weighted by Gasteiger charge is -2.36. The van der Waals surface area contributed by atoms with Crippen molar-refractivity contribution in [1.29, 1.82) is 0 Å². The number of amides is 1. The lowest BCUT2D eigenvalue weighted by atomic mass is 9.88. The second-order valence-corrected chi connectivity index (χ2v) is 4.79. The molecule has 2 fully saturated rings. The summed E-state index contributed by atoms with van der Waals surface area (Å²) in [6.45, 7) is 5.58. The van der Waals surface area contributed by atoms with E-state index in [1.165, 1.54) is 19.3 Å². The molecule has 0 aromatic heterocycles. The van der Waals surface area contributed by atoms with Gasteiger partial charge in [0.2, 0.25) is 0 Å². The van der Waals surface area contributed by atoms with E-state index in [-0.39, 0.29) is 6.09 Å². The lowest BCUT2D eigenvalue weighted by molar-refractivity contribution is 0.0628. The molecule has 0 radical (unpaired) electrons. The van der Waals surface area contributed by atoms with Gasteiger partial charge in [-0.25, -0.2) is 4.79 Å². The number of cyclic esters (lactones) is 1. The molecule has 2 aliphatic heterocycles. The number of nitrogens with zero attached hydrogens (tertiary/aromatic N) is 1. The van der Waals surface area contributed by atoms with Crippen LogP contribution >= 0.6 is 0 Å². The highest BCUT2D eigenvalue weighted by Crippen LogP contribution is 2.21. The monoisotopic (exact) mass is 226 g/mol. The predicted octanol–water partition coefficient (Wildman–Crippen LogP) is 1.61. The zero-order valence-corrected chi connectivity index (χ0v) is 10.1. The van der Waals surface area contributed by atoms with E-state index in [0.29, 0.717) is 18.6 Å². The largest absolute Gasteiger partial charge is 0.449 e. The molecular weight excluding hydrogens is 204 g/mol. The van der Waals surface area contributed by atoms with Crippen LogP contribution in [0.2, 0.25) is 0 Å². The molecule has 1 N–H and O–H groups in total. The van der Waals surface area contributed by atoms with E-state index in [4.69, 9.17) is 4.74 Å². The molecule has 1 amide bonds. The molecule has 0 aromatic carbocycles. The van der Waals surface area contributed by atoms with Crippen LogP contribution in [0, 0.1) is 5.92 Å². The summed E-state index contributed by atoms with van der Waals surface area (Å²) in [5, 5.41) is 3.54. The molecule has 4 heteroatoms. The van der Waals surface area contributed by atoms with Crippen molar-refractivity contribution in [2.45, 2.75) is 38.6 Å². The molecule has 2 unspecified atom stereocenters. The van der Waals surface area contributed by atoms with E-state index in [2.05, 4.69) is 12.2 Å². The Morgan fingerprint density at radius 3 is 3.12 bits per heavy atom. The summed E-state index contributed by atoms with van der Waals surface area (Å²) in [4.78, 5) is 13.4. The Hall–Kier alpha value is -0.770. The van der Waals surface area contributed by atoms with Crippen molar-refractivity contribution < 1.29 is 9.53 Å². The summed E-state index contributed by atoms with van der Waals surface area (Å²) in [5.41, 5.74) is 0. The van der Waals surface area contributed by atoms with Crippen LogP contribution < -0.4 is 5.32 Å². The van der Waals surface area contributed by atoms with E-state index in [1.807, 2.05) is 4.90 Å². The second kappa shape index (κ2) is 5.53. The van der Waals surface area contributed by atoms with E-state index >= 15 is 0 Å². The smallest absolute Gasteiger partial charge is 0.409 e. The summed E-state index contributed by atoms with van der Waals surface area (Å²) in [7, 11) is 0. The normalized spacial score (nSPS) is 31.3. The maximum Gasteiger partial charge on any atom is 0.409 e. The maximum atomic E-state index is 11.5. The Labute approximate surface area is 97.3 Å². The van der Waals surface area contributed by atoms with Gasteiger partial charge in [0.05, 0.1) is 6.61 Å². The molecule has 0 bridgehead atoms. The first-order chi connectivity index (χ1) is 7.81. The van der Waals surface area contributed by atoms with Crippen LogP contribution in [0.25, 0.3) is 0 Å². The molecule has 0 saturated carbocycles. The number of ether oxygens (including phenoxy) is 1. The Bertz CT molecular complexity index is 245. The van der Waals surface area contributed by atoms with Crippen molar-refractivity contribution in [3.05, 3.63) is 0 Å².